The number of anilines is 2. The van der Waals surface area contributed by atoms with Crippen LogP contribution in [0.2, 0.25) is 0 Å². The number of carbonyl (C=O) groups is 2. The van der Waals surface area contributed by atoms with Gasteiger partial charge in [-0.15, -0.1) is 0 Å². The second kappa shape index (κ2) is 8.77. The highest BCUT2D eigenvalue weighted by molar-refractivity contribution is 9.10. The average molecular weight is 549 g/mol. The van der Waals surface area contributed by atoms with Gasteiger partial charge in [-0.2, -0.15) is 0 Å². The Balaban J connectivity index is 1.22. The molecular weight excluding hydrogens is 524 g/mol. The molecular formula is C26H25BrN6O3. The van der Waals surface area contributed by atoms with Crippen molar-refractivity contribution in [2.75, 3.05) is 36.0 Å². The highest BCUT2D eigenvalue weighted by Gasteiger charge is 2.50. The Hall–Kier alpha value is -3.66. The van der Waals surface area contributed by atoms with E-state index < -0.39 is 5.72 Å². The van der Waals surface area contributed by atoms with Crippen molar-refractivity contribution in [2.45, 2.75) is 25.1 Å². The topological polar surface area (TPSA) is 90.9 Å². The van der Waals surface area contributed by atoms with Crippen LogP contribution in [0.4, 0.5) is 16.4 Å². The normalized spacial score (nSPS) is 23.0. The van der Waals surface area contributed by atoms with Gasteiger partial charge in [0.25, 0.3) is 5.91 Å². The van der Waals surface area contributed by atoms with E-state index in [0.717, 1.165) is 15.8 Å². The third-order valence-corrected chi connectivity index (χ3v) is 7.48. The summed E-state index contributed by atoms with van der Waals surface area (Å²) in [6.07, 6.45) is 4.03. The highest BCUT2D eigenvalue weighted by Crippen LogP contribution is 2.46. The monoisotopic (exact) mass is 548 g/mol. The molecule has 0 spiro atoms. The van der Waals surface area contributed by atoms with Gasteiger partial charge in [0.15, 0.2) is 5.72 Å². The Labute approximate surface area is 217 Å². The highest BCUT2D eigenvalue weighted by atomic mass is 79.9. The minimum absolute atomic E-state index is 0.0642. The lowest BCUT2D eigenvalue weighted by Crippen LogP contribution is -2.65. The summed E-state index contributed by atoms with van der Waals surface area (Å²) in [5, 5.41) is 3.11. The van der Waals surface area contributed by atoms with Gasteiger partial charge in [-0.1, -0.05) is 22.0 Å². The van der Waals surface area contributed by atoms with Gasteiger partial charge in [0.2, 0.25) is 5.95 Å². The van der Waals surface area contributed by atoms with E-state index in [4.69, 9.17) is 4.74 Å². The van der Waals surface area contributed by atoms with Gasteiger partial charge in [-0.25, -0.2) is 14.8 Å². The molecule has 2 atom stereocenters. The molecule has 3 amide bonds. The molecule has 2 fully saturated rings. The van der Waals surface area contributed by atoms with Crippen molar-refractivity contribution in [1.29, 1.82) is 0 Å². The van der Waals surface area contributed by atoms with Crippen LogP contribution in [0.5, 0.6) is 5.75 Å². The maximum Gasteiger partial charge on any atom is 0.325 e. The number of hydrogen-bond acceptors (Lipinski definition) is 6. The lowest BCUT2D eigenvalue weighted by molar-refractivity contribution is 0.0377. The lowest BCUT2D eigenvalue weighted by Gasteiger charge is -2.50. The summed E-state index contributed by atoms with van der Waals surface area (Å²) in [6, 6.07) is 14.4. The Morgan fingerprint density at radius 3 is 2.64 bits per heavy atom. The molecule has 9 nitrogen and oxygen atoms in total. The molecule has 2 aromatic carbocycles. The largest absolute Gasteiger partial charge is 0.467 e. The fraction of sp³-hybridized carbons (Fsp3) is 0.308. The van der Waals surface area contributed by atoms with Gasteiger partial charge in [0.1, 0.15) is 5.75 Å². The number of amides is 3. The molecule has 0 aliphatic carbocycles. The predicted octanol–water partition coefficient (Wildman–Crippen LogP) is 3.97. The van der Waals surface area contributed by atoms with Crippen LogP contribution in [0.15, 0.2) is 65.4 Å². The fourth-order valence-electron chi connectivity index (χ4n) is 5.26. The maximum absolute atomic E-state index is 13.4. The predicted molar refractivity (Wildman–Crippen MR) is 138 cm³/mol. The number of aromatic nitrogens is 2. The molecule has 0 saturated carbocycles. The summed E-state index contributed by atoms with van der Waals surface area (Å²) in [7, 11) is 0. The molecule has 2 saturated heterocycles. The van der Waals surface area contributed by atoms with Crippen LogP contribution in [-0.2, 0) is 0 Å². The van der Waals surface area contributed by atoms with E-state index in [2.05, 4.69) is 36.1 Å². The maximum atomic E-state index is 13.4. The third-order valence-electron chi connectivity index (χ3n) is 6.99. The first-order valence-corrected chi connectivity index (χ1v) is 12.7. The van der Waals surface area contributed by atoms with Crippen molar-refractivity contribution in [3.63, 3.8) is 0 Å². The molecule has 2 unspecified atom stereocenters. The minimum atomic E-state index is -0.878. The van der Waals surface area contributed by atoms with Crippen LogP contribution in [0.1, 0.15) is 35.3 Å². The molecule has 10 heteroatoms. The van der Waals surface area contributed by atoms with Crippen molar-refractivity contribution in [2.24, 2.45) is 0 Å². The molecule has 3 aliphatic heterocycles. The first-order valence-electron chi connectivity index (χ1n) is 11.9. The number of carbonyl (C=O) groups excluding carboxylic acids is 2. The Morgan fingerprint density at radius 1 is 1.08 bits per heavy atom. The number of nitrogens with zero attached hydrogens (tertiary/aromatic N) is 5. The Morgan fingerprint density at radius 2 is 1.86 bits per heavy atom. The van der Waals surface area contributed by atoms with Gasteiger partial charge in [-0.05, 0) is 49.4 Å². The number of nitrogens with one attached hydrogen (secondary N) is 1. The quantitative estimate of drug-likeness (QED) is 0.532. The van der Waals surface area contributed by atoms with Crippen molar-refractivity contribution >= 4 is 39.5 Å². The van der Waals surface area contributed by atoms with Gasteiger partial charge < -0.3 is 19.9 Å². The zero-order chi connectivity index (χ0) is 24.9. The van der Waals surface area contributed by atoms with Crippen molar-refractivity contribution < 1.29 is 14.3 Å². The first-order chi connectivity index (χ1) is 17.4. The summed E-state index contributed by atoms with van der Waals surface area (Å²) in [6.45, 7) is 4.38. The molecule has 3 aromatic rings. The van der Waals surface area contributed by atoms with Crippen molar-refractivity contribution in [3.05, 3.63) is 76.5 Å². The van der Waals surface area contributed by atoms with E-state index in [0.29, 0.717) is 49.8 Å². The Kier molecular flexibility index (Phi) is 5.55. The number of benzene rings is 2. The zero-order valence-electron chi connectivity index (χ0n) is 19.7. The standard InChI is InChI=1S/C26H25BrN6O3/c1-26-16-21(20-15-18(27)6-7-22(20)36-26)30-25(35)33(26)19-5-2-4-17(14-19)23(34)31-10-12-32(13-11-31)24-28-8-3-9-29-24/h2-9,14-15,21H,10-13,16H2,1H3,(H,30,35). The summed E-state index contributed by atoms with van der Waals surface area (Å²) in [5.74, 6) is 1.36. The number of piperazine rings is 1. The van der Waals surface area contributed by atoms with Gasteiger partial charge >= 0.3 is 6.03 Å². The van der Waals surface area contributed by atoms with Crippen LogP contribution < -0.4 is 19.9 Å². The number of urea groups is 1. The fourth-order valence-corrected chi connectivity index (χ4v) is 5.64. The summed E-state index contributed by atoms with van der Waals surface area (Å²) < 4.78 is 7.32. The van der Waals surface area contributed by atoms with Crippen LogP contribution in [0.25, 0.3) is 0 Å². The molecule has 3 aliphatic rings. The average Bonchev–Trinajstić information content (AvgIpc) is 2.89. The van der Waals surface area contributed by atoms with E-state index >= 15 is 0 Å². The molecule has 6 rings (SSSR count). The third kappa shape index (κ3) is 3.95. The van der Waals surface area contributed by atoms with E-state index in [1.54, 1.807) is 35.5 Å². The van der Waals surface area contributed by atoms with Gasteiger partial charge in [-0.3, -0.25) is 9.69 Å². The van der Waals surface area contributed by atoms with Gasteiger partial charge in [0.05, 0.1) is 11.7 Å². The van der Waals surface area contributed by atoms with E-state index in [-0.39, 0.29) is 18.0 Å². The molecule has 36 heavy (non-hydrogen) atoms. The molecule has 184 valence electrons. The SMILES string of the molecule is CC12CC(NC(=O)N1c1cccc(C(=O)N3CCN(c4ncccn4)CC3)c1)c1cc(Br)ccc1O2. The van der Waals surface area contributed by atoms with Crippen molar-refractivity contribution in [1.82, 2.24) is 20.2 Å². The summed E-state index contributed by atoms with van der Waals surface area (Å²) in [4.78, 5) is 40.8. The van der Waals surface area contributed by atoms with E-state index in [1.165, 1.54) is 0 Å². The molecule has 2 bridgehead atoms. The molecule has 4 heterocycles. The lowest BCUT2D eigenvalue weighted by atomic mass is 9.90. The molecule has 0 radical (unpaired) electrons. The number of halogens is 1. The summed E-state index contributed by atoms with van der Waals surface area (Å²) in [5.41, 5.74) is 1.24. The summed E-state index contributed by atoms with van der Waals surface area (Å²) >= 11 is 3.50. The first kappa shape index (κ1) is 22.8. The number of fused-ring (bicyclic) bond motifs is 4. The number of hydrogen-bond donors (Lipinski definition) is 1. The van der Waals surface area contributed by atoms with Gasteiger partial charge in [0, 0.05) is 60.6 Å². The van der Waals surface area contributed by atoms with E-state index in [9.17, 15) is 9.59 Å². The second-order valence-electron chi connectivity index (χ2n) is 9.38. The van der Waals surface area contributed by atoms with Crippen LogP contribution in [0.3, 0.4) is 0 Å². The van der Waals surface area contributed by atoms with Crippen LogP contribution in [0, 0.1) is 0 Å². The number of ether oxygens (including phenoxy) is 1. The minimum Gasteiger partial charge on any atom is -0.467 e. The van der Waals surface area contributed by atoms with Crippen molar-refractivity contribution in [3.8, 4) is 5.75 Å². The second-order valence-corrected chi connectivity index (χ2v) is 10.3. The zero-order valence-corrected chi connectivity index (χ0v) is 21.3. The van der Waals surface area contributed by atoms with Crippen LogP contribution >= 0.6 is 15.9 Å². The smallest absolute Gasteiger partial charge is 0.325 e. The Bertz CT molecular complexity index is 1330. The number of rotatable bonds is 3. The van der Waals surface area contributed by atoms with E-state index in [1.807, 2.05) is 42.2 Å². The molecule has 1 aromatic heterocycles. The van der Waals surface area contributed by atoms with Crippen LogP contribution in [-0.4, -0.2) is 58.7 Å². The molecule has 1 N–H and O–H groups in total.